The Morgan fingerprint density at radius 1 is 0.615 bits per heavy atom. The smallest absolute Gasteiger partial charge is 0.128 e. The van der Waals surface area contributed by atoms with Gasteiger partial charge >= 0.3 is 0 Å². The predicted molar refractivity (Wildman–Crippen MR) is 109 cm³/mol. The van der Waals surface area contributed by atoms with Crippen molar-refractivity contribution in [3.63, 3.8) is 0 Å². The molecule has 4 aromatic rings. The van der Waals surface area contributed by atoms with Crippen molar-refractivity contribution < 1.29 is 10.2 Å². The third-order valence-electron chi connectivity index (χ3n) is 4.74. The van der Waals surface area contributed by atoms with E-state index < -0.39 is 0 Å². The average molecular weight is 383 g/mol. The Labute approximate surface area is 161 Å². The van der Waals surface area contributed by atoms with Gasteiger partial charge in [0.15, 0.2) is 0 Å². The average Bonchev–Trinajstić information content (AvgIpc) is 2.68. The third kappa shape index (κ3) is 2.57. The number of hydrogen-bond acceptors (Lipinski definition) is 2. The Kier molecular flexibility index (Phi) is 4.39. The lowest BCUT2D eigenvalue weighted by molar-refractivity contribution is 0.465. The van der Waals surface area contributed by atoms with Gasteiger partial charge in [0.05, 0.1) is 11.8 Å². The van der Waals surface area contributed by atoms with E-state index in [1.165, 1.54) is 0 Å². The minimum Gasteiger partial charge on any atom is -0.507 e. The molecule has 2 N–H and O–H groups in total. The van der Waals surface area contributed by atoms with Gasteiger partial charge in [-0.1, -0.05) is 48.5 Å². The summed E-state index contributed by atoms with van der Waals surface area (Å²) >= 11 is 12.1. The molecule has 0 atom stereocenters. The van der Waals surface area contributed by atoms with Crippen molar-refractivity contribution in [2.75, 3.05) is 0 Å². The van der Waals surface area contributed by atoms with Crippen LogP contribution in [0.5, 0.6) is 11.5 Å². The zero-order chi connectivity index (χ0) is 18.3. The summed E-state index contributed by atoms with van der Waals surface area (Å²) in [6.07, 6.45) is 0. The molecular weight excluding hydrogens is 367 g/mol. The van der Waals surface area contributed by atoms with Crippen molar-refractivity contribution in [2.24, 2.45) is 0 Å². The summed E-state index contributed by atoms with van der Waals surface area (Å²) in [7, 11) is 0. The number of phenolic OH excluding ortho intramolecular Hbond substituents is 2. The van der Waals surface area contributed by atoms with Gasteiger partial charge in [0, 0.05) is 22.3 Å². The van der Waals surface area contributed by atoms with Crippen molar-refractivity contribution >= 4 is 44.7 Å². The molecule has 4 rings (SSSR count). The minimum absolute atomic E-state index is 0.0888. The second-order valence-corrected chi connectivity index (χ2v) is 6.76. The maximum atomic E-state index is 11.0. The molecule has 4 heteroatoms. The van der Waals surface area contributed by atoms with Gasteiger partial charge in [0.25, 0.3) is 0 Å². The number of fused-ring (bicyclic) bond motifs is 2. The molecule has 0 aliphatic heterocycles. The second-order valence-electron chi connectivity index (χ2n) is 6.23. The number of hydrogen-bond donors (Lipinski definition) is 2. The Morgan fingerprint density at radius 3 is 1.38 bits per heavy atom. The second kappa shape index (κ2) is 6.71. The van der Waals surface area contributed by atoms with Crippen molar-refractivity contribution in [3.05, 3.63) is 71.8 Å². The summed E-state index contributed by atoms with van der Waals surface area (Å²) < 4.78 is 0. The topological polar surface area (TPSA) is 40.5 Å². The first-order valence-electron chi connectivity index (χ1n) is 8.25. The summed E-state index contributed by atoms with van der Waals surface area (Å²) in [6, 6.07) is 19.3. The first-order valence-corrected chi connectivity index (χ1v) is 9.32. The van der Waals surface area contributed by atoms with Crippen molar-refractivity contribution in [2.45, 2.75) is 11.8 Å². The van der Waals surface area contributed by atoms with E-state index in [4.69, 9.17) is 23.2 Å². The van der Waals surface area contributed by atoms with Crippen molar-refractivity contribution in [3.8, 4) is 22.6 Å². The lowest BCUT2D eigenvalue weighted by atomic mass is 9.89. The van der Waals surface area contributed by atoms with Crippen LogP contribution in [0.15, 0.2) is 60.7 Å². The van der Waals surface area contributed by atoms with E-state index in [0.717, 1.165) is 21.5 Å². The van der Waals surface area contributed by atoms with Crippen LogP contribution >= 0.6 is 23.2 Å². The van der Waals surface area contributed by atoms with Crippen LogP contribution < -0.4 is 0 Å². The highest BCUT2D eigenvalue weighted by atomic mass is 35.5. The summed E-state index contributed by atoms with van der Waals surface area (Å²) in [6.45, 7) is 0. The van der Waals surface area contributed by atoms with Crippen LogP contribution in [0, 0.1) is 0 Å². The van der Waals surface area contributed by atoms with Crippen LogP contribution in [0.3, 0.4) is 0 Å². The quantitative estimate of drug-likeness (QED) is 0.394. The molecular formula is C22H16Cl2O2. The highest BCUT2D eigenvalue weighted by Gasteiger charge is 2.21. The number of halogens is 2. The Hall–Kier alpha value is -2.42. The van der Waals surface area contributed by atoms with Crippen LogP contribution in [0.1, 0.15) is 11.1 Å². The molecule has 0 heterocycles. The molecule has 0 aliphatic rings. The zero-order valence-corrected chi connectivity index (χ0v) is 15.3. The first-order chi connectivity index (χ1) is 12.7. The normalized spacial score (nSPS) is 11.3. The van der Waals surface area contributed by atoms with E-state index in [0.29, 0.717) is 22.3 Å². The summed E-state index contributed by atoms with van der Waals surface area (Å²) in [5.41, 5.74) is 2.42. The molecule has 0 bridgehead atoms. The molecule has 0 saturated carbocycles. The SMILES string of the molecule is Oc1c(CCl)cc2ccccc2c1-c1c(O)c(CCl)cc2ccccc12. The number of benzene rings is 4. The molecule has 0 aromatic heterocycles. The fourth-order valence-corrected chi connectivity index (χ4v) is 3.91. The molecule has 2 nitrogen and oxygen atoms in total. The monoisotopic (exact) mass is 382 g/mol. The van der Waals surface area contributed by atoms with Crippen LogP contribution in [0.2, 0.25) is 0 Å². The third-order valence-corrected chi connectivity index (χ3v) is 5.32. The van der Waals surface area contributed by atoms with Crippen LogP contribution in [-0.2, 0) is 11.8 Å². The van der Waals surface area contributed by atoms with Gasteiger partial charge < -0.3 is 10.2 Å². The standard InChI is InChI=1S/C22H16Cl2O2/c23-11-15-9-13-5-1-3-7-17(13)19(21(15)25)20-18-8-4-2-6-14(18)10-16(12-24)22(20)26/h1-10,25-26H,11-12H2. The largest absolute Gasteiger partial charge is 0.507 e. The number of phenols is 2. The maximum absolute atomic E-state index is 11.0. The number of alkyl halides is 2. The Balaban J connectivity index is 2.24. The van der Waals surface area contributed by atoms with E-state index >= 15 is 0 Å². The molecule has 0 saturated heterocycles. The minimum atomic E-state index is 0.0888. The summed E-state index contributed by atoms with van der Waals surface area (Å²) in [4.78, 5) is 0. The van der Waals surface area contributed by atoms with E-state index in [1.54, 1.807) is 0 Å². The molecule has 0 spiro atoms. The zero-order valence-electron chi connectivity index (χ0n) is 13.8. The highest BCUT2D eigenvalue weighted by Crippen LogP contribution is 2.47. The lowest BCUT2D eigenvalue weighted by Gasteiger charge is -2.18. The van der Waals surface area contributed by atoms with Gasteiger partial charge in [0.2, 0.25) is 0 Å². The molecule has 0 fully saturated rings. The van der Waals surface area contributed by atoms with Crippen molar-refractivity contribution in [1.29, 1.82) is 0 Å². The van der Waals surface area contributed by atoms with Gasteiger partial charge in [0.1, 0.15) is 11.5 Å². The first kappa shape index (κ1) is 17.0. The predicted octanol–water partition coefficient (Wildman–Crippen LogP) is 6.55. The van der Waals surface area contributed by atoms with Crippen LogP contribution in [0.25, 0.3) is 32.7 Å². The van der Waals surface area contributed by atoms with Gasteiger partial charge in [-0.25, -0.2) is 0 Å². The van der Waals surface area contributed by atoms with Gasteiger partial charge in [-0.15, -0.1) is 23.2 Å². The summed E-state index contributed by atoms with van der Waals surface area (Å²) in [5, 5.41) is 25.5. The van der Waals surface area contributed by atoms with Crippen LogP contribution in [-0.4, -0.2) is 10.2 Å². The van der Waals surface area contributed by atoms with E-state index in [-0.39, 0.29) is 23.3 Å². The molecule has 0 amide bonds. The Morgan fingerprint density at radius 2 is 1.00 bits per heavy atom. The highest BCUT2D eigenvalue weighted by molar-refractivity contribution is 6.19. The molecule has 26 heavy (non-hydrogen) atoms. The van der Waals surface area contributed by atoms with E-state index in [9.17, 15) is 10.2 Å². The van der Waals surface area contributed by atoms with Gasteiger partial charge in [-0.05, 0) is 33.7 Å². The molecule has 0 unspecified atom stereocenters. The molecule has 0 aliphatic carbocycles. The van der Waals surface area contributed by atoms with Gasteiger partial charge in [-0.3, -0.25) is 0 Å². The van der Waals surface area contributed by atoms with E-state index in [1.807, 2.05) is 60.7 Å². The summed E-state index contributed by atoms with van der Waals surface area (Å²) in [5.74, 6) is 0.534. The van der Waals surface area contributed by atoms with Crippen molar-refractivity contribution in [1.82, 2.24) is 0 Å². The van der Waals surface area contributed by atoms with Gasteiger partial charge in [-0.2, -0.15) is 0 Å². The number of aromatic hydroxyl groups is 2. The molecule has 130 valence electrons. The fourth-order valence-electron chi connectivity index (χ4n) is 3.50. The number of rotatable bonds is 3. The molecule has 0 radical (unpaired) electrons. The van der Waals surface area contributed by atoms with E-state index in [2.05, 4.69) is 0 Å². The maximum Gasteiger partial charge on any atom is 0.128 e. The lowest BCUT2D eigenvalue weighted by Crippen LogP contribution is -1.93. The molecule has 4 aromatic carbocycles. The fraction of sp³-hybridized carbons (Fsp3) is 0.0909. The Bertz CT molecular complexity index is 1040. The van der Waals surface area contributed by atoms with Crippen LogP contribution in [0.4, 0.5) is 0 Å².